The number of rotatable bonds is 7. The van der Waals surface area contributed by atoms with Crippen LogP contribution < -0.4 is 10.5 Å². The number of hydrogen-bond acceptors (Lipinski definition) is 4. The van der Waals surface area contributed by atoms with E-state index >= 15 is 0 Å². The number of anilines is 1. The van der Waals surface area contributed by atoms with Gasteiger partial charge >= 0.3 is 0 Å². The number of aromatic nitrogens is 2. The molecular formula is C30H24ClN3O2. The molecule has 178 valence electrons. The van der Waals surface area contributed by atoms with Crippen molar-refractivity contribution in [2.45, 2.75) is 13.5 Å². The number of hydrogen-bond donors (Lipinski definition) is 1. The maximum atomic E-state index is 11.5. The van der Waals surface area contributed by atoms with Crippen LogP contribution in [-0.2, 0) is 6.54 Å². The first-order chi connectivity index (χ1) is 17.5. The molecule has 3 aromatic carbocycles. The molecule has 0 aliphatic carbocycles. The van der Waals surface area contributed by atoms with Crippen LogP contribution in [0.3, 0.4) is 0 Å². The van der Waals surface area contributed by atoms with Crippen molar-refractivity contribution in [3.05, 3.63) is 119 Å². The fourth-order valence-corrected chi connectivity index (χ4v) is 4.36. The summed E-state index contributed by atoms with van der Waals surface area (Å²) in [4.78, 5) is 16.0. The van der Waals surface area contributed by atoms with Crippen molar-refractivity contribution in [3.63, 3.8) is 0 Å². The van der Waals surface area contributed by atoms with Crippen molar-refractivity contribution in [3.8, 4) is 34.0 Å². The van der Waals surface area contributed by atoms with Gasteiger partial charge in [-0.2, -0.15) is 0 Å². The third-order valence-electron chi connectivity index (χ3n) is 5.93. The minimum Gasteiger partial charge on any atom is -0.457 e. The zero-order valence-electron chi connectivity index (χ0n) is 19.7. The molecule has 0 unspecified atom stereocenters. The molecule has 0 saturated carbocycles. The Balaban J connectivity index is 1.48. The number of nitrogens with two attached hydrogens (primary N) is 1. The van der Waals surface area contributed by atoms with Gasteiger partial charge in [-0.3, -0.25) is 4.79 Å². The van der Waals surface area contributed by atoms with Crippen LogP contribution in [-0.4, -0.2) is 15.3 Å². The summed E-state index contributed by atoms with van der Waals surface area (Å²) in [6, 6.07) is 32.6. The summed E-state index contributed by atoms with van der Waals surface area (Å²) in [7, 11) is 0. The zero-order chi connectivity index (χ0) is 25.1. The normalized spacial score (nSPS) is 10.8. The smallest absolute Gasteiger partial charge is 0.159 e. The number of halogens is 1. The number of ketones is 1. The molecule has 6 heteroatoms. The van der Waals surface area contributed by atoms with Gasteiger partial charge in [-0.05, 0) is 91.3 Å². The zero-order valence-corrected chi connectivity index (χ0v) is 20.4. The Morgan fingerprint density at radius 1 is 0.833 bits per heavy atom. The first-order valence-corrected chi connectivity index (χ1v) is 11.9. The van der Waals surface area contributed by atoms with Gasteiger partial charge < -0.3 is 15.0 Å². The summed E-state index contributed by atoms with van der Waals surface area (Å²) >= 11 is 6.55. The largest absolute Gasteiger partial charge is 0.457 e. The molecule has 2 aromatic heterocycles. The van der Waals surface area contributed by atoms with E-state index in [1.165, 1.54) is 0 Å². The molecule has 0 radical (unpaired) electrons. The number of nitrogens with zero attached hydrogens (tertiary/aromatic N) is 2. The Morgan fingerprint density at radius 3 is 2.17 bits per heavy atom. The van der Waals surface area contributed by atoms with E-state index in [-0.39, 0.29) is 5.78 Å². The van der Waals surface area contributed by atoms with Crippen LogP contribution in [0.5, 0.6) is 11.5 Å². The Morgan fingerprint density at radius 2 is 1.50 bits per heavy atom. The van der Waals surface area contributed by atoms with Gasteiger partial charge in [0.25, 0.3) is 0 Å². The number of pyridine rings is 1. The number of ether oxygens (including phenoxy) is 1. The number of nitrogen functional groups attached to an aromatic ring is 1. The second-order valence-corrected chi connectivity index (χ2v) is 8.84. The van der Waals surface area contributed by atoms with Gasteiger partial charge in [-0.25, -0.2) is 4.98 Å². The van der Waals surface area contributed by atoms with E-state index in [0.717, 1.165) is 28.2 Å². The number of carbonyl (C=O) groups is 1. The van der Waals surface area contributed by atoms with Gasteiger partial charge in [0.2, 0.25) is 0 Å². The fraction of sp³-hybridized carbons (Fsp3) is 0.0667. The molecule has 2 heterocycles. The molecule has 0 bridgehead atoms. The van der Waals surface area contributed by atoms with Crippen LogP contribution in [0.15, 0.2) is 103 Å². The fourth-order valence-electron chi connectivity index (χ4n) is 4.13. The first-order valence-electron chi connectivity index (χ1n) is 11.5. The predicted octanol–water partition coefficient (Wildman–Crippen LogP) is 7.50. The molecule has 5 nitrogen and oxygen atoms in total. The van der Waals surface area contributed by atoms with Gasteiger partial charge in [0.05, 0.1) is 17.9 Å². The summed E-state index contributed by atoms with van der Waals surface area (Å²) in [5.74, 6) is 1.89. The number of carbonyl (C=O) groups excluding carboxylic acids is 1. The van der Waals surface area contributed by atoms with E-state index < -0.39 is 0 Å². The molecule has 0 saturated heterocycles. The van der Waals surface area contributed by atoms with Crippen molar-refractivity contribution in [1.29, 1.82) is 0 Å². The summed E-state index contributed by atoms with van der Waals surface area (Å²) < 4.78 is 8.17. The maximum absolute atomic E-state index is 11.5. The molecule has 0 amide bonds. The van der Waals surface area contributed by atoms with E-state index in [9.17, 15) is 4.79 Å². The van der Waals surface area contributed by atoms with Crippen LogP contribution in [0, 0.1) is 0 Å². The second-order valence-electron chi connectivity index (χ2n) is 8.43. The highest BCUT2D eigenvalue weighted by Gasteiger charge is 2.15. The highest BCUT2D eigenvalue weighted by atomic mass is 35.5. The molecule has 36 heavy (non-hydrogen) atoms. The van der Waals surface area contributed by atoms with Gasteiger partial charge in [-0.15, -0.1) is 0 Å². The monoisotopic (exact) mass is 493 g/mol. The topological polar surface area (TPSA) is 70.1 Å². The van der Waals surface area contributed by atoms with Crippen molar-refractivity contribution in [2.24, 2.45) is 0 Å². The SMILES string of the molecule is CC(=O)c1ccc(Oc2ccc(-c3ccc(-c4ccccc4Cl)n3Cc3cccc(N)n3)cc2)cc1. The van der Waals surface area contributed by atoms with Crippen molar-refractivity contribution >= 4 is 23.2 Å². The molecule has 5 rings (SSSR count). The maximum Gasteiger partial charge on any atom is 0.159 e. The van der Waals surface area contributed by atoms with Crippen molar-refractivity contribution in [1.82, 2.24) is 9.55 Å². The minimum absolute atomic E-state index is 0.0263. The molecule has 0 aliphatic rings. The standard InChI is InChI=1S/C30H24ClN3O2/c1-20(35)21-9-13-24(14-10-21)36-25-15-11-22(12-16-25)28-17-18-29(26-6-2-3-7-27(26)31)34(28)19-23-5-4-8-30(32)33-23/h2-18H,19H2,1H3,(H2,32,33). The van der Waals surface area contributed by atoms with E-state index in [1.54, 1.807) is 37.3 Å². The summed E-state index contributed by atoms with van der Waals surface area (Å²) in [5, 5.41) is 0.684. The summed E-state index contributed by atoms with van der Waals surface area (Å²) in [6.45, 7) is 2.08. The van der Waals surface area contributed by atoms with Crippen LogP contribution in [0.4, 0.5) is 5.82 Å². The van der Waals surface area contributed by atoms with Gasteiger partial charge in [0.1, 0.15) is 17.3 Å². The highest BCUT2D eigenvalue weighted by molar-refractivity contribution is 6.33. The Kier molecular flexibility index (Phi) is 6.56. The van der Waals surface area contributed by atoms with Crippen LogP contribution >= 0.6 is 11.6 Å². The molecule has 0 spiro atoms. The molecule has 5 aromatic rings. The minimum atomic E-state index is 0.0263. The van der Waals surface area contributed by atoms with E-state index in [2.05, 4.69) is 21.7 Å². The molecule has 0 fully saturated rings. The van der Waals surface area contributed by atoms with Crippen molar-refractivity contribution < 1.29 is 9.53 Å². The Hall–Kier alpha value is -4.35. The van der Waals surface area contributed by atoms with Crippen molar-refractivity contribution in [2.75, 3.05) is 5.73 Å². The van der Waals surface area contributed by atoms with E-state index in [4.69, 9.17) is 22.1 Å². The van der Waals surface area contributed by atoms with Gasteiger partial charge in [0, 0.05) is 21.8 Å². The molecular weight excluding hydrogens is 470 g/mol. The Labute approximate surface area is 214 Å². The summed E-state index contributed by atoms with van der Waals surface area (Å²) in [5.41, 5.74) is 11.4. The average Bonchev–Trinajstić information content (AvgIpc) is 3.28. The lowest BCUT2D eigenvalue weighted by Gasteiger charge is -2.15. The third-order valence-corrected chi connectivity index (χ3v) is 6.26. The summed E-state index contributed by atoms with van der Waals surface area (Å²) in [6.07, 6.45) is 0. The molecule has 2 N–H and O–H groups in total. The van der Waals surface area contributed by atoms with Crippen LogP contribution in [0.1, 0.15) is 23.0 Å². The lowest BCUT2D eigenvalue weighted by Crippen LogP contribution is -2.06. The van der Waals surface area contributed by atoms with Gasteiger partial charge in [0.15, 0.2) is 5.78 Å². The van der Waals surface area contributed by atoms with Crippen LogP contribution in [0.2, 0.25) is 5.02 Å². The number of Topliss-reactive ketones (excluding diaryl/α,β-unsaturated/α-hetero) is 1. The third kappa shape index (κ3) is 5.02. The molecule has 0 aliphatic heterocycles. The van der Waals surface area contributed by atoms with Gasteiger partial charge in [-0.1, -0.05) is 35.9 Å². The quantitative estimate of drug-likeness (QED) is 0.238. The molecule has 0 atom stereocenters. The average molecular weight is 494 g/mol. The van der Waals surface area contributed by atoms with Crippen LogP contribution in [0.25, 0.3) is 22.5 Å². The Bertz CT molecular complexity index is 1520. The highest BCUT2D eigenvalue weighted by Crippen LogP contribution is 2.34. The van der Waals surface area contributed by atoms with E-state index in [0.29, 0.717) is 34.4 Å². The number of benzene rings is 3. The predicted molar refractivity (Wildman–Crippen MR) is 145 cm³/mol. The van der Waals surface area contributed by atoms with E-state index in [1.807, 2.05) is 60.7 Å². The lowest BCUT2D eigenvalue weighted by molar-refractivity contribution is 0.101. The first kappa shape index (κ1) is 23.4. The second kappa shape index (κ2) is 10.1. The lowest BCUT2D eigenvalue weighted by atomic mass is 10.1.